The van der Waals surface area contributed by atoms with Crippen molar-refractivity contribution >= 4 is 11.8 Å². The Morgan fingerprint density at radius 3 is 2.42 bits per heavy atom. The van der Waals surface area contributed by atoms with E-state index in [1.807, 2.05) is 7.11 Å². The Morgan fingerprint density at radius 1 is 1.03 bits per heavy atom. The van der Waals surface area contributed by atoms with E-state index in [-0.39, 0.29) is 0 Å². The van der Waals surface area contributed by atoms with E-state index in [1.165, 1.54) is 49.7 Å². The molecule has 0 aromatic heterocycles. The largest absolute Gasteiger partial charge is 0.383 e. The zero-order valence-corrected chi connectivity index (χ0v) is 20.2. The molecule has 31 heavy (non-hydrogen) atoms. The van der Waals surface area contributed by atoms with Gasteiger partial charge in [-0.2, -0.15) is 11.8 Å². The highest BCUT2D eigenvalue weighted by Gasteiger charge is 2.29. The second-order valence-electron chi connectivity index (χ2n) is 8.68. The van der Waals surface area contributed by atoms with E-state index in [0.29, 0.717) is 17.3 Å². The monoisotopic (exact) mass is 440 g/mol. The molecule has 3 rings (SSSR count). The van der Waals surface area contributed by atoms with Crippen molar-refractivity contribution < 1.29 is 4.74 Å². The van der Waals surface area contributed by atoms with Crippen LogP contribution >= 0.6 is 11.8 Å². The predicted molar refractivity (Wildman–Crippen MR) is 134 cm³/mol. The number of nitrogens with zero attached hydrogens (tertiary/aromatic N) is 1. The van der Waals surface area contributed by atoms with Crippen LogP contribution in [0.5, 0.6) is 0 Å². The van der Waals surface area contributed by atoms with Crippen molar-refractivity contribution in [1.29, 1.82) is 0 Å². The first-order valence-corrected chi connectivity index (χ1v) is 13.1. The number of benzene rings is 2. The molecule has 2 aromatic rings. The van der Waals surface area contributed by atoms with E-state index in [4.69, 9.17) is 4.74 Å². The fourth-order valence-electron chi connectivity index (χ4n) is 4.47. The first-order valence-electron chi connectivity index (χ1n) is 12.0. The van der Waals surface area contributed by atoms with Crippen molar-refractivity contribution in [3.63, 3.8) is 0 Å². The second-order valence-corrected chi connectivity index (χ2v) is 9.91. The summed E-state index contributed by atoms with van der Waals surface area (Å²) < 4.78 is 5.50. The summed E-state index contributed by atoms with van der Waals surface area (Å²) >= 11 is 2.13. The SMILES string of the molecule is CCCC[C@@H](NN1CCC[C@H]1COC)[C@H](CCc1ccccc1)SCc1ccccc1. The van der Waals surface area contributed by atoms with Gasteiger partial charge in [-0.1, -0.05) is 80.4 Å². The van der Waals surface area contributed by atoms with Crippen LogP contribution in [0.1, 0.15) is 56.6 Å². The van der Waals surface area contributed by atoms with Gasteiger partial charge in [-0.15, -0.1) is 0 Å². The van der Waals surface area contributed by atoms with E-state index in [0.717, 1.165) is 25.3 Å². The number of nitrogens with one attached hydrogen (secondary N) is 1. The maximum Gasteiger partial charge on any atom is 0.0632 e. The van der Waals surface area contributed by atoms with Gasteiger partial charge in [-0.05, 0) is 43.2 Å². The molecule has 0 saturated carbocycles. The van der Waals surface area contributed by atoms with Crippen LogP contribution in [-0.4, -0.2) is 42.6 Å². The van der Waals surface area contributed by atoms with Gasteiger partial charge in [0.1, 0.15) is 0 Å². The number of ether oxygens (including phenoxy) is 1. The summed E-state index contributed by atoms with van der Waals surface area (Å²) in [6, 6.07) is 22.9. The van der Waals surface area contributed by atoms with Gasteiger partial charge in [-0.25, -0.2) is 5.01 Å². The Labute approximate surface area is 193 Å². The number of hydrazine groups is 1. The highest BCUT2D eigenvalue weighted by atomic mass is 32.2. The van der Waals surface area contributed by atoms with Crippen LogP contribution in [0.25, 0.3) is 0 Å². The van der Waals surface area contributed by atoms with Crippen molar-refractivity contribution in [3.05, 3.63) is 71.8 Å². The quantitative estimate of drug-likeness (QED) is 0.384. The van der Waals surface area contributed by atoms with Crippen molar-refractivity contribution in [3.8, 4) is 0 Å². The van der Waals surface area contributed by atoms with Gasteiger partial charge in [0.25, 0.3) is 0 Å². The third kappa shape index (κ3) is 8.27. The van der Waals surface area contributed by atoms with E-state index in [1.54, 1.807) is 0 Å². The number of methoxy groups -OCH3 is 1. The highest BCUT2D eigenvalue weighted by molar-refractivity contribution is 7.99. The average molecular weight is 441 g/mol. The minimum atomic E-state index is 0.495. The van der Waals surface area contributed by atoms with Gasteiger partial charge in [0, 0.05) is 36.7 Å². The summed E-state index contributed by atoms with van der Waals surface area (Å²) in [6.07, 6.45) is 8.57. The topological polar surface area (TPSA) is 24.5 Å². The fraction of sp³-hybridized carbons (Fsp3) is 0.556. The van der Waals surface area contributed by atoms with Crippen molar-refractivity contribution in [1.82, 2.24) is 10.4 Å². The summed E-state index contributed by atoms with van der Waals surface area (Å²) in [5.74, 6) is 1.08. The van der Waals surface area contributed by atoms with Crippen LogP contribution in [0.4, 0.5) is 0 Å². The van der Waals surface area contributed by atoms with Crippen molar-refractivity contribution in [2.75, 3.05) is 20.3 Å². The van der Waals surface area contributed by atoms with Gasteiger partial charge in [0.2, 0.25) is 0 Å². The molecule has 1 aliphatic heterocycles. The molecule has 3 atom stereocenters. The van der Waals surface area contributed by atoms with Gasteiger partial charge in [0.05, 0.1) is 6.61 Å². The number of rotatable bonds is 14. The van der Waals surface area contributed by atoms with Gasteiger partial charge < -0.3 is 4.74 Å². The second kappa shape index (κ2) is 13.9. The molecule has 3 nitrogen and oxygen atoms in total. The molecule has 2 aromatic carbocycles. The fourth-order valence-corrected chi connectivity index (χ4v) is 5.79. The number of aryl methyl sites for hydroxylation is 1. The molecule has 0 bridgehead atoms. The Bertz CT molecular complexity index is 668. The molecular formula is C27H40N2OS. The maximum atomic E-state index is 5.50. The molecule has 1 aliphatic rings. The number of hydrogen-bond donors (Lipinski definition) is 1. The average Bonchev–Trinajstić information content (AvgIpc) is 3.25. The highest BCUT2D eigenvalue weighted by Crippen LogP contribution is 2.28. The summed E-state index contributed by atoms with van der Waals surface area (Å²) in [6.45, 7) is 4.25. The molecule has 1 fully saturated rings. The molecule has 0 aliphatic carbocycles. The molecule has 1 N–H and O–H groups in total. The molecule has 0 spiro atoms. The lowest BCUT2D eigenvalue weighted by atomic mass is 10.0. The van der Waals surface area contributed by atoms with Crippen LogP contribution in [0.3, 0.4) is 0 Å². The molecule has 4 heteroatoms. The summed E-state index contributed by atoms with van der Waals surface area (Å²) in [5.41, 5.74) is 6.86. The molecule has 1 heterocycles. The molecule has 170 valence electrons. The number of unbranched alkanes of at least 4 members (excludes halogenated alkanes) is 1. The summed E-state index contributed by atoms with van der Waals surface area (Å²) in [5, 5.41) is 3.07. The predicted octanol–water partition coefficient (Wildman–Crippen LogP) is 6.10. The summed E-state index contributed by atoms with van der Waals surface area (Å²) in [7, 11) is 1.82. The standard InChI is InChI=1S/C27H40N2OS/c1-3-4-17-26(28-29-20-11-16-25(29)21-30-2)27(19-18-23-12-7-5-8-13-23)31-22-24-14-9-6-10-15-24/h5-10,12-15,25-28H,3-4,11,16-22H2,1-2H3/t25-,26+,27-/m0/s1. The minimum Gasteiger partial charge on any atom is -0.383 e. The van der Waals surface area contributed by atoms with Crippen molar-refractivity contribution in [2.24, 2.45) is 0 Å². The smallest absolute Gasteiger partial charge is 0.0632 e. The molecule has 0 unspecified atom stereocenters. The maximum absolute atomic E-state index is 5.50. The van der Waals surface area contributed by atoms with Crippen molar-refractivity contribution in [2.45, 2.75) is 75.0 Å². The molecular weight excluding hydrogens is 400 g/mol. The van der Waals surface area contributed by atoms with E-state index in [9.17, 15) is 0 Å². The zero-order valence-electron chi connectivity index (χ0n) is 19.3. The first kappa shape index (κ1) is 24.3. The Hall–Kier alpha value is -1.33. The Balaban J connectivity index is 1.70. The van der Waals surface area contributed by atoms with Crippen LogP contribution in [0.15, 0.2) is 60.7 Å². The lowest BCUT2D eigenvalue weighted by molar-refractivity contribution is 0.0683. The van der Waals surface area contributed by atoms with Gasteiger partial charge >= 0.3 is 0 Å². The third-order valence-corrected chi connectivity index (χ3v) is 7.74. The normalized spacial score (nSPS) is 18.8. The minimum absolute atomic E-state index is 0.495. The number of hydrogen-bond acceptors (Lipinski definition) is 4. The van der Waals surface area contributed by atoms with E-state index >= 15 is 0 Å². The van der Waals surface area contributed by atoms with E-state index in [2.05, 4.69) is 89.8 Å². The Kier molecular flexibility index (Phi) is 10.9. The lowest BCUT2D eigenvalue weighted by Gasteiger charge is -2.35. The summed E-state index contributed by atoms with van der Waals surface area (Å²) in [4.78, 5) is 0. The van der Waals surface area contributed by atoms with E-state index < -0.39 is 0 Å². The Morgan fingerprint density at radius 2 is 1.74 bits per heavy atom. The number of thioether (sulfide) groups is 1. The molecule has 0 amide bonds. The zero-order chi connectivity index (χ0) is 21.7. The van der Waals surface area contributed by atoms with Crippen LogP contribution in [0, 0.1) is 0 Å². The van der Waals surface area contributed by atoms with Gasteiger partial charge in [-0.3, -0.25) is 5.43 Å². The van der Waals surface area contributed by atoms with Crippen LogP contribution < -0.4 is 5.43 Å². The molecule has 1 saturated heterocycles. The van der Waals surface area contributed by atoms with Crippen LogP contribution in [-0.2, 0) is 16.9 Å². The first-order chi connectivity index (χ1) is 15.3. The lowest BCUT2D eigenvalue weighted by Crippen LogP contribution is -2.52. The molecule has 0 radical (unpaired) electrons. The third-order valence-electron chi connectivity index (χ3n) is 6.25. The van der Waals surface area contributed by atoms with Crippen LogP contribution in [0.2, 0.25) is 0 Å². The van der Waals surface area contributed by atoms with Gasteiger partial charge in [0.15, 0.2) is 0 Å².